The van der Waals surface area contributed by atoms with Gasteiger partial charge in [-0.1, -0.05) is 72.8 Å². The van der Waals surface area contributed by atoms with Crippen LogP contribution in [0.1, 0.15) is 44.4 Å². The number of imide groups is 1. The van der Waals surface area contributed by atoms with Gasteiger partial charge in [0.1, 0.15) is 5.82 Å². The lowest BCUT2D eigenvalue weighted by Gasteiger charge is -2.45. The molecule has 8 rings (SSSR count). The highest BCUT2D eigenvalue weighted by Crippen LogP contribution is 2.61. The zero-order valence-corrected chi connectivity index (χ0v) is 19.5. The highest BCUT2D eigenvalue weighted by Gasteiger charge is 2.62. The van der Waals surface area contributed by atoms with Crippen molar-refractivity contribution in [3.05, 3.63) is 131 Å². The third kappa shape index (κ3) is 2.99. The van der Waals surface area contributed by atoms with E-state index in [4.69, 9.17) is 4.74 Å². The maximum atomic E-state index is 14.2. The summed E-state index contributed by atoms with van der Waals surface area (Å²) >= 11 is 0. The molecule has 3 aliphatic carbocycles. The Morgan fingerprint density at radius 3 is 1.65 bits per heavy atom. The summed E-state index contributed by atoms with van der Waals surface area (Å²) in [5.74, 6) is -3.81. The summed E-state index contributed by atoms with van der Waals surface area (Å²) in [7, 11) is 0. The van der Waals surface area contributed by atoms with E-state index in [-0.39, 0.29) is 40.7 Å². The molecule has 4 aliphatic rings. The average Bonchev–Trinajstić information content (AvgIpc) is 3.19. The van der Waals surface area contributed by atoms with E-state index < -0.39 is 23.6 Å². The number of halogens is 1. The Labute approximate surface area is 212 Å². The summed E-state index contributed by atoms with van der Waals surface area (Å²) in [6.07, 6.45) is 0. The van der Waals surface area contributed by atoms with Gasteiger partial charge >= 0.3 is 5.97 Å². The summed E-state index contributed by atoms with van der Waals surface area (Å²) in [5, 5.41) is 0. The Morgan fingerprint density at radius 2 is 1.11 bits per heavy atom. The van der Waals surface area contributed by atoms with E-state index in [2.05, 4.69) is 0 Å². The molecule has 1 heterocycles. The molecule has 180 valence electrons. The molecule has 4 aromatic carbocycles. The highest BCUT2D eigenvalue weighted by atomic mass is 19.1. The molecule has 0 radical (unpaired) electrons. The fraction of sp³-hybridized carbons (Fsp3) is 0.129. The first kappa shape index (κ1) is 21.7. The summed E-state index contributed by atoms with van der Waals surface area (Å²) in [6, 6.07) is 28.0. The number of benzene rings is 4. The van der Waals surface area contributed by atoms with Crippen molar-refractivity contribution in [2.75, 3.05) is 4.90 Å². The van der Waals surface area contributed by atoms with Crippen LogP contribution in [0.15, 0.2) is 97.1 Å². The van der Waals surface area contributed by atoms with Crippen LogP contribution in [0.3, 0.4) is 0 Å². The Bertz CT molecular complexity index is 1510. The van der Waals surface area contributed by atoms with Crippen molar-refractivity contribution in [2.45, 2.75) is 11.8 Å². The molecule has 4 aromatic rings. The van der Waals surface area contributed by atoms with Crippen molar-refractivity contribution in [3.8, 4) is 5.75 Å². The maximum absolute atomic E-state index is 14.2. The number of ether oxygens (including phenoxy) is 1. The summed E-state index contributed by atoms with van der Waals surface area (Å²) in [4.78, 5) is 42.0. The van der Waals surface area contributed by atoms with Crippen molar-refractivity contribution in [2.24, 2.45) is 11.8 Å². The Hall–Kier alpha value is -4.58. The van der Waals surface area contributed by atoms with Gasteiger partial charge < -0.3 is 4.74 Å². The van der Waals surface area contributed by atoms with Gasteiger partial charge in [0.15, 0.2) is 5.75 Å². The normalized spacial score (nSPS) is 22.9. The van der Waals surface area contributed by atoms with Crippen molar-refractivity contribution in [3.63, 3.8) is 0 Å². The predicted molar refractivity (Wildman–Crippen MR) is 134 cm³/mol. The van der Waals surface area contributed by atoms with Gasteiger partial charge in [0.2, 0.25) is 11.8 Å². The summed E-state index contributed by atoms with van der Waals surface area (Å²) in [5.41, 5.74) is 4.27. The molecular formula is C31H20FNO4. The molecule has 37 heavy (non-hydrogen) atoms. The predicted octanol–water partition coefficient (Wildman–Crippen LogP) is 5.44. The largest absolute Gasteiger partial charge is 0.421 e. The van der Waals surface area contributed by atoms with Gasteiger partial charge in [0.05, 0.1) is 23.1 Å². The van der Waals surface area contributed by atoms with Crippen LogP contribution in [0.5, 0.6) is 5.75 Å². The Kier molecular flexibility index (Phi) is 4.67. The van der Waals surface area contributed by atoms with Crippen molar-refractivity contribution >= 4 is 23.5 Å². The van der Waals surface area contributed by atoms with Crippen LogP contribution >= 0.6 is 0 Å². The van der Waals surface area contributed by atoms with Crippen LogP contribution in [0, 0.1) is 17.7 Å². The second-order valence-corrected chi connectivity index (χ2v) is 9.61. The number of hydrogen-bond donors (Lipinski definition) is 0. The van der Waals surface area contributed by atoms with E-state index in [1.807, 2.05) is 48.5 Å². The zero-order chi connectivity index (χ0) is 25.3. The van der Waals surface area contributed by atoms with Gasteiger partial charge in [-0.3, -0.25) is 9.59 Å². The SMILES string of the molecule is O=C(Oc1ccccc1N1C(=O)[C@H]2C3c4ccccc4C(c4ccccc43)[C@@H]2C1=O)c1ccccc1F. The van der Waals surface area contributed by atoms with Gasteiger partial charge in [-0.05, 0) is 46.5 Å². The lowest BCUT2D eigenvalue weighted by Crippen LogP contribution is -2.41. The number of rotatable bonds is 3. The van der Waals surface area contributed by atoms with E-state index in [1.165, 1.54) is 30.3 Å². The first-order valence-corrected chi connectivity index (χ1v) is 12.2. The van der Waals surface area contributed by atoms with Crippen LogP contribution in [-0.4, -0.2) is 17.8 Å². The second-order valence-electron chi connectivity index (χ2n) is 9.61. The van der Waals surface area contributed by atoms with E-state index >= 15 is 0 Å². The van der Waals surface area contributed by atoms with Crippen LogP contribution in [0.4, 0.5) is 10.1 Å². The topological polar surface area (TPSA) is 63.7 Å². The third-order valence-electron chi connectivity index (χ3n) is 7.85. The number of esters is 1. The second kappa shape index (κ2) is 7.96. The third-order valence-corrected chi connectivity index (χ3v) is 7.85. The lowest BCUT2D eigenvalue weighted by molar-refractivity contribution is -0.122. The molecule has 0 N–H and O–H groups in total. The first-order valence-electron chi connectivity index (χ1n) is 12.2. The van der Waals surface area contributed by atoms with Gasteiger partial charge in [-0.2, -0.15) is 0 Å². The molecule has 1 fully saturated rings. The zero-order valence-electron chi connectivity index (χ0n) is 19.5. The molecule has 5 nitrogen and oxygen atoms in total. The van der Waals surface area contributed by atoms with Gasteiger partial charge in [-0.15, -0.1) is 0 Å². The molecule has 1 aliphatic heterocycles. The maximum Gasteiger partial charge on any atom is 0.346 e. The van der Waals surface area contributed by atoms with Gasteiger partial charge in [0, 0.05) is 11.8 Å². The molecule has 6 heteroatoms. The minimum atomic E-state index is -0.901. The van der Waals surface area contributed by atoms with Crippen molar-refractivity contribution in [1.82, 2.24) is 0 Å². The van der Waals surface area contributed by atoms with Gasteiger partial charge in [0.25, 0.3) is 0 Å². The number of amides is 2. The Balaban J connectivity index is 1.32. The molecule has 0 aromatic heterocycles. The van der Waals surface area contributed by atoms with E-state index in [0.29, 0.717) is 0 Å². The summed E-state index contributed by atoms with van der Waals surface area (Å²) in [6.45, 7) is 0. The number of hydrogen-bond acceptors (Lipinski definition) is 4. The lowest BCUT2D eigenvalue weighted by atomic mass is 9.55. The quantitative estimate of drug-likeness (QED) is 0.218. The molecule has 2 atom stereocenters. The van der Waals surface area contributed by atoms with Crippen molar-refractivity contribution < 1.29 is 23.5 Å². The van der Waals surface area contributed by atoms with Crippen LogP contribution < -0.4 is 9.64 Å². The molecule has 0 spiro atoms. The molecule has 0 unspecified atom stereocenters. The summed E-state index contributed by atoms with van der Waals surface area (Å²) < 4.78 is 19.7. The number of carbonyl (C=O) groups is 3. The minimum Gasteiger partial charge on any atom is -0.421 e. The van der Waals surface area contributed by atoms with Crippen molar-refractivity contribution in [1.29, 1.82) is 0 Å². The van der Waals surface area contributed by atoms with Gasteiger partial charge in [-0.25, -0.2) is 14.1 Å². The fourth-order valence-corrected chi connectivity index (χ4v) is 6.42. The smallest absolute Gasteiger partial charge is 0.346 e. The molecule has 0 saturated carbocycles. The molecule has 2 bridgehead atoms. The minimum absolute atomic E-state index is 0.0264. The van der Waals surface area contributed by atoms with Crippen LogP contribution in [0.25, 0.3) is 0 Å². The fourth-order valence-electron chi connectivity index (χ4n) is 6.42. The number of carbonyl (C=O) groups excluding carboxylic acids is 3. The standard InChI is InChI=1S/C31H20FNO4/c32-22-14-6-5-13-21(22)31(36)37-24-16-8-7-15-23(24)33-29(34)27-25-17-9-1-2-10-18(17)26(28(27)30(33)35)20-12-4-3-11-19(20)25/h1-16,25-28H/t25?,26?,27-,28-/m0/s1. The number of para-hydroxylation sites is 2. The first-order chi connectivity index (χ1) is 18.1. The van der Waals surface area contributed by atoms with E-state index in [1.54, 1.807) is 18.2 Å². The van der Waals surface area contributed by atoms with E-state index in [0.717, 1.165) is 27.2 Å². The molecule has 1 saturated heterocycles. The number of nitrogens with zero attached hydrogens (tertiary/aromatic N) is 1. The molecule has 2 amide bonds. The number of anilines is 1. The Morgan fingerprint density at radius 1 is 0.649 bits per heavy atom. The van der Waals surface area contributed by atoms with Crippen LogP contribution in [-0.2, 0) is 9.59 Å². The van der Waals surface area contributed by atoms with Crippen LogP contribution in [0.2, 0.25) is 0 Å². The highest BCUT2D eigenvalue weighted by molar-refractivity contribution is 6.24. The molecular weight excluding hydrogens is 469 g/mol. The average molecular weight is 490 g/mol. The monoisotopic (exact) mass is 489 g/mol. The van der Waals surface area contributed by atoms with E-state index in [9.17, 15) is 18.8 Å².